The molecule has 0 spiro atoms. The lowest BCUT2D eigenvalue weighted by Gasteiger charge is -2.33. The molecule has 0 amide bonds. The van der Waals surface area contributed by atoms with Gasteiger partial charge in [0.15, 0.2) is 0 Å². The zero-order valence-corrected chi connectivity index (χ0v) is 41.9. The molecule has 0 unspecified atom stereocenters. The van der Waals surface area contributed by atoms with Crippen molar-refractivity contribution in [1.82, 2.24) is 9.55 Å². The highest BCUT2D eigenvalue weighted by atomic mass is 16.5. The SMILES string of the molecule is CC(C)(C)c1cc(Oc2ccc3c4cc(-c5ccccc5)ccc4n(-c4cc(C(C)(C)C)ccn4)c3c2)cc(N2C=CN(c3cc(C(C)(C)c4ccccc4)cc(C(C)(C)c4ccccc4)c3)C2)c1. The van der Waals surface area contributed by atoms with Gasteiger partial charge in [0.05, 0.1) is 17.7 Å². The van der Waals surface area contributed by atoms with Crippen molar-refractivity contribution in [3.63, 3.8) is 0 Å². The molecule has 5 heteroatoms. The highest BCUT2D eigenvalue weighted by Gasteiger charge is 2.31. The van der Waals surface area contributed by atoms with Gasteiger partial charge in [-0.1, -0.05) is 172 Å². The molecular weight excluding hydrogens is 841 g/mol. The van der Waals surface area contributed by atoms with Crippen molar-refractivity contribution < 1.29 is 4.74 Å². The third kappa shape index (κ3) is 8.83. The number of pyridine rings is 1. The van der Waals surface area contributed by atoms with Gasteiger partial charge in [0, 0.05) is 63.7 Å². The van der Waals surface area contributed by atoms with E-state index in [0.717, 1.165) is 39.4 Å². The number of aromatic nitrogens is 2. The number of fused-ring (bicyclic) bond motifs is 3. The molecular formula is C64H64N4O. The van der Waals surface area contributed by atoms with Gasteiger partial charge in [-0.25, -0.2) is 4.98 Å². The second-order valence-corrected chi connectivity index (χ2v) is 22.0. The number of hydrogen-bond donors (Lipinski definition) is 0. The molecule has 0 radical (unpaired) electrons. The van der Waals surface area contributed by atoms with Crippen molar-refractivity contribution in [2.24, 2.45) is 0 Å². The van der Waals surface area contributed by atoms with Crippen LogP contribution in [0.4, 0.5) is 11.4 Å². The van der Waals surface area contributed by atoms with Crippen molar-refractivity contribution >= 4 is 33.2 Å². The van der Waals surface area contributed by atoms with E-state index in [-0.39, 0.29) is 21.7 Å². The first-order valence-corrected chi connectivity index (χ1v) is 24.4. The van der Waals surface area contributed by atoms with Crippen LogP contribution < -0.4 is 14.5 Å². The minimum Gasteiger partial charge on any atom is -0.457 e. The fraction of sp³-hybridized carbons (Fsp3) is 0.234. The monoisotopic (exact) mass is 905 g/mol. The quantitative estimate of drug-likeness (QED) is 0.137. The third-order valence-electron chi connectivity index (χ3n) is 14.4. The van der Waals surface area contributed by atoms with Crippen LogP contribution in [0.2, 0.25) is 0 Å². The number of anilines is 2. The molecule has 346 valence electrons. The van der Waals surface area contributed by atoms with Crippen molar-refractivity contribution in [2.45, 2.75) is 90.9 Å². The summed E-state index contributed by atoms with van der Waals surface area (Å²) in [6, 6.07) is 63.9. The largest absolute Gasteiger partial charge is 0.457 e. The molecule has 0 saturated carbocycles. The zero-order chi connectivity index (χ0) is 48.3. The van der Waals surface area contributed by atoms with Crippen molar-refractivity contribution in [1.29, 1.82) is 0 Å². The van der Waals surface area contributed by atoms with Gasteiger partial charge >= 0.3 is 0 Å². The lowest BCUT2D eigenvalue weighted by atomic mass is 9.73. The van der Waals surface area contributed by atoms with Crippen LogP contribution >= 0.6 is 0 Å². The molecule has 0 N–H and O–H groups in total. The van der Waals surface area contributed by atoms with E-state index in [1.807, 2.05) is 6.20 Å². The van der Waals surface area contributed by atoms with Crippen LogP contribution in [0, 0.1) is 0 Å². The topological polar surface area (TPSA) is 33.5 Å². The average molecular weight is 905 g/mol. The molecule has 0 bridgehead atoms. The summed E-state index contributed by atoms with van der Waals surface area (Å²) in [5.41, 5.74) is 13.8. The summed E-state index contributed by atoms with van der Waals surface area (Å²) >= 11 is 0. The van der Waals surface area contributed by atoms with E-state index in [2.05, 4.69) is 272 Å². The normalized spacial score (nSPS) is 13.5. The second-order valence-electron chi connectivity index (χ2n) is 22.0. The molecule has 10 rings (SSSR count). The molecule has 0 atom stereocenters. The van der Waals surface area contributed by atoms with Gasteiger partial charge in [0.1, 0.15) is 17.3 Å². The minimum absolute atomic E-state index is 0.0336. The first-order chi connectivity index (χ1) is 32.9. The second kappa shape index (κ2) is 17.3. The zero-order valence-electron chi connectivity index (χ0n) is 41.9. The van der Waals surface area contributed by atoms with E-state index in [9.17, 15) is 0 Å². The Bertz CT molecular complexity index is 3280. The Hall–Kier alpha value is -7.37. The summed E-state index contributed by atoms with van der Waals surface area (Å²) in [5, 5.41) is 2.32. The van der Waals surface area contributed by atoms with E-state index < -0.39 is 0 Å². The van der Waals surface area contributed by atoms with Crippen LogP contribution in [0.1, 0.15) is 103 Å². The first-order valence-electron chi connectivity index (χ1n) is 24.4. The summed E-state index contributed by atoms with van der Waals surface area (Å²) in [4.78, 5) is 9.68. The van der Waals surface area contributed by atoms with E-state index in [1.165, 1.54) is 55.6 Å². The van der Waals surface area contributed by atoms with Gasteiger partial charge in [0.2, 0.25) is 0 Å². The van der Waals surface area contributed by atoms with Crippen LogP contribution in [0.5, 0.6) is 11.5 Å². The maximum atomic E-state index is 6.98. The third-order valence-corrected chi connectivity index (χ3v) is 14.4. The summed E-state index contributed by atoms with van der Waals surface area (Å²) in [6.07, 6.45) is 6.36. The molecule has 5 nitrogen and oxygen atoms in total. The smallest absolute Gasteiger partial charge is 0.137 e. The Morgan fingerprint density at radius 1 is 0.406 bits per heavy atom. The van der Waals surface area contributed by atoms with Crippen molar-refractivity contribution in [3.05, 3.63) is 228 Å². The summed E-state index contributed by atoms with van der Waals surface area (Å²) in [7, 11) is 0. The Morgan fingerprint density at radius 2 is 0.971 bits per heavy atom. The Labute approximate surface area is 409 Å². The highest BCUT2D eigenvalue weighted by Crippen LogP contribution is 2.43. The molecule has 69 heavy (non-hydrogen) atoms. The Balaban J connectivity index is 1.02. The van der Waals surface area contributed by atoms with Crippen LogP contribution in [0.3, 0.4) is 0 Å². The van der Waals surface area contributed by atoms with Crippen LogP contribution in [-0.2, 0) is 21.7 Å². The Morgan fingerprint density at radius 3 is 1.57 bits per heavy atom. The molecule has 9 aromatic rings. The molecule has 0 fully saturated rings. The summed E-state index contributed by atoms with van der Waals surface area (Å²) in [6.45, 7) is 23.6. The molecule has 1 aliphatic heterocycles. The van der Waals surface area contributed by atoms with Crippen LogP contribution in [-0.4, -0.2) is 16.2 Å². The van der Waals surface area contributed by atoms with Gasteiger partial charge < -0.3 is 14.5 Å². The van der Waals surface area contributed by atoms with Crippen LogP contribution in [0.15, 0.2) is 195 Å². The summed E-state index contributed by atoms with van der Waals surface area (Å²) in [5.74, 6) is 2.45. The molecule has 3 heterocycles. The van der Waals surface area contributed by atoms with Gasteiger partial charge in [-0.2, -0.15) is 0 Å². The van der Waals surface area contributed by atoms with E-state index in [0.29, 0.717) is 6.67 Å². The maximum absolute atomic E-state index is 6.98. The fourth-order valence-corrected chi connectivity index (χ4v) is 9.80. The Kier molecular flexibility index (Phi) is 11.4. The number of nitrogens with zero attached hydrogens (tertiary/aromatic N) is 4. The lowest BCUT2D eigenvalue weighted by Crippen LogP contribution is -2.27. The number of hydrogen-bond acceptors (Lipinski definition) is 4. The lowest BCUT2D eigenvalue weighted by molar-refractivity contribution is 0.479. The highest BCUT2D eigenvalue weighted by molar-refractivity contribution is 6.10. The van der Waals surface area contributed by atoms with Gasteiger partial charge in [-0.3, -0.25) is 4.57 Å². The fourth-order valence-electron chi connectivity index (χ4n) is 9.80. The van der Waals surface area contributed by atoms with Gasteiger partial charge in [-0.05, 0) is 116 Å². The number of rotatable bonds is 10. The maximum Gasteiger partial charge on any atom is 0.137 e. The molecule has 0 saturated heterocycles. The molecule has 0 aliphatic carbocycles. The van der Waals surface area contributed by atoms with E-state index in [1.54, 1.807) is 0 Å². The predicted octanol–water partition coefficient (Wildman–Crippen LogP) is 16.6. The number of benzene rings is 7. The van der Waals surface area contributed by atoms with Crippen molar-refractivity contribution in [2.75, 3.05) is 16.5 Å². The molecule has 2 aromatic heterocycles. The standard InChI is InChI=1S/C64H64N4O/c1-61(2,3)48-30-31-65-60(40-48)68-58-29-26-45(44-20-14-11-15-21-44)34-57(58)56-28-27-54(42-59(56)68)69-55-39-49(62(4,5)6)36-53(41-55)67-33-32-66(43-67)52-37-50(63(7,8)46-22-16-12-17-23-46)35-51(38-52)64(9,10)47-24-18-13-19-25-47/h11-42H,43H2,1-10H3. The van der Waals surface area contributed by atoms with Gasteiger partial charge in [0.25, 0.3) is 0 Å². The molecule has 1 aliphatic rings. The van der Waals surface area contributed by atoms with Crippen LogP contribution in [0.25, 0.3) is 38.8 Å². The minimum atomic E-state index is -0.218. The molecule has 7 aromatic carbocycles. The number of ether oxygens (including phenoxy) is 1. The summed E-state index contributed by atoms with van der Waals surface area (Å²) < 4.78 is 9.28. The first kappa shape index (κ1) is 45.4. The van der Waals surface area contributed by atoms with E-state index >= 15 is 0 Å². The average Bonchev–Trinajstić information content (AvgIpc) is 3.98. The van der Waals surface area contributed by atoms with Crippen molar-refractivity contribution in [3.8, 4) is 28.4 Å². The predicted molar refractivity (Wildman–Crippen MR) is 290 cm³/mol. The van der Waals surface area contributed by atoms with E-state index in [4.69, 9.17) is 9.72 Å². The van der Waals surface area contributed by atoms with Gasteiger partial charge in [-0.15, -0.1) is 0 Å².